The highest BCUT2D eigenvalue weighted by Gasteiger charge is 2.18. The first-order valence-electron chi connectivity index (χ1n) is 16.2. The Bertz CT molecular complexity index is 1480. The molecule has 0 unspecified atom stereocenters. The standard InChI is InChI=1S/C37H47FO5S/c1-28-17-22-35(38)31(23-28)24-32(39)16-14-12-10-8-6-4-3-5-7-9-11-13-15-30-25-36-37(43-27-42-36)26-34(30)29-18-20-33(21-19-29)44(2,40)41/h17-23,25-26H,3-16,24,27H2,1-2H3. The zero-order chi connectivity index (χ0) is 31.4. The van der Waals surface area contributed by atoms with E-state index in [1.807, 2.05) is 25.1 Å². The van der Waals surface area contributed by atoms with Crippen molar-refractivity contribution in [3.8, 4) is 22.6 Å². The third-order valence-electron chi connectivity index (χ3n) is 8.43. The quantitative estimate of drug-likeness (QED) is 0.125. The van der Waals surface area contributed by atoms with Crippen LogP contribution in [0.4, 0.5) is 4.39 Å². The lowest BCUT2D eigenvalue weighted by Gasteiger charge is -2.12. The van der Waals surface area contributed by atoms with Crippen LogP contribution < -0.4 is 9.47 Å². The average Bonchev–Trinajstić information content (AvgIpc) is 3.46. The monoisotopic (exact) mass is 622 g/mol. The highest BCUT2D eigenvalue weighted by Crippen LogP contribution is 2.39. The van der Waals surface area contributed by atoms with Gasteiger partial charge in [0.2, 0.25) is 6.79 Å². The number of fused-ring (bicyclic) bond motifs is 1. The lowest BCUT2D eigenvalue weighted by molar-refractivity contribution is -0.118. The topological polar surface area (TPSA) is 69.7 Å². The summed E-state index contributed by atoms with van der Waals surface area (Å²) in [6, 6.07) is 16.1. The van der Waals surface area contributed by atoms with E-state index in [4.69, 9.17) is 9.47 Å². The Labute approximate surface area is 263 Å². The van der Waals surface area contributed by atoms with Crippen molar-refractivity contribution in [1.29, 1.82) is 0 Å². The number of aryl methyl sites for hydroxylation is 2. The first-order valence-corrected chi connectivity index (χ1v) is 18.1. The predicted octanol–water partition coefficient (Wildman–Crippen LogP) is 9.36. The van der Waals surface area contributed by atoms with Gasteiger partial charge in [-0.05, 0) is 78.8 Å². The SMILES string of the molecule is Cc1ccc(F)c(CC(=O)CCCCCCCCCCCCCCc2cc3c(cc2-c2ccc(S(C)(=O)=O)cc2)OCO3)c1. The molecule has 5 nitrogen and oxygen atoms in total. The maximum Gasteiger partial charge on any atom is 0.231 e. The molecule has 238 valence electrons. The summed E-state index contributed by atoms with van der Waals surface area (Å²) in [6.07, 6.45) is 17.1. The molecule has 0 saturated heterocycles. The van der Waals surface area contributed by atoms with Gasteiger partial charge in [0, 0.05) is 19.1 Å². The fourth-order valence-corrected chi connectivity index (χ4v) is 6.52. The lowest BCUT2D eigenvalue weighted by atomic mass is 9.94. The molecule has 7 heteroatoms. The van der Waals surface area contributed by atoms with E-state index < -0.39 is 9.84 Å². The van der Waals surface area contributed by atoms with E-state index in [1.165, 1.54) is 69.3 Å². The van der Waals surface area contributed by atoms with Crippen molar-refractivity contribution in [2.24, 2.45) is 0 Å². The van der Waals surface area contributed by atoms with E-state index in [0.29, 0.717) is 16.9 Å². The summed E-state index contributed by atoms with van der Waals surface area (Å²) in [5.74, 6) is 1.36. The highest BCUT2D eigenvalue weighted by atomic mass is 32.2. The van der Waals surface area contributed by atoms with Crippen LogP contribution in [0.3, 0.4) is 0 Å². The van der Waals surface area contributed by atoms with Gasteiger partial charge in [-0.3, -0.25) is 4.79 Å². The van der Waals surface area contributed by atoms with Crippen LogP contribution in [-0.4, -0.2) is 27.2 Å². The lowest BCUT2D eigenvalue weighted by Crippen LogP contribution is -2.04. The highest BCUT2D eigenvalue weighted by molar-refractivity contribution is 7.90. The number of rotatable bonds is 19. The summed E-state index contributed by atoms with van der Waals surface area (Å²) in [4.78, 5) is 12.5. The third-order valence-corrected chi connectivity index (χ3v) is 9.56. The minimum absolute atomic E-state index is 0.132. The molecule has 3 aromatic carbocycles. The smallest absolute Gasteiger partial charge is 0.231 e. The Balaban J connectivity index is 1.05. The molecule has 1 aliphatic heterocycles. The number of halogens is 1. The molecule has 44 heavy (non-hydrogen) atoms. The molecule has 0 saturated carbocycles. The number of sulfone groups is 1. The molecular weight excluding hydrogens is 575 g/mol. The molecule has 4 rings (SSSR count). The van der Waals surface area contributed by atoms with Crippen molar-refractivity contribution < 1.29 is 27.1 Å². The van der Waals surface area contributed by atoms with Gasteiger partial charge in [-0.2, -0.15) is 0 Å². The van der Waals surface area contributed by atoms with Gasteiger partial charge in [-0.15, -0.1) is 0 Å². The van der Waals surface area contributed by atoms with Crippen LogP contribution in [0.5, 0.6) is 11.5 Å². The number of ether oxygens (including phenoxy) is 2. The molecule has 0 fully saturated rings. The van der Waals surface area contributed by atoms with Gasteiger partial charge in [-0.25, -0.2) is 12.8 Å². The summed E-state index contributed by atoms with van der Waals surface area (Å²) in [5, 5.41) is 0. The van der Waals surface area contributed by atoms with Crippen LogP contribution in [0, 0.1) is 12.7 Å². The summed E-state index contributed by atoms with van der Waals surface area (Å²) >= 11 is 0. The molecule has 0 atom stereocenters. The van der Waals surface area contributed by atoms with E-state index in [1.54, 1.807) is 24.3 Å². The number of carbonyl (C=O) groups excluding carboxylic acids is 1. The van der Waals surface area contributed by atoms with Gasteiger partial charge in [0.25, 0.3) is 0 Å². The zero-order valence-corrected chi connectivity index (χ0v) is 27.2. The molecule has 0 bridgehead atoms. The molecule has 1 heterocycles. The van der Waals surface area contributed by atoms with Crippen molar-refractivity contribution in [2.75, 3.05) is 13.0 Å². The van der Waals surface area contributed by atoms with E-state index in [9.17, 15) is 17.6 Å². The minimum atomic E-state index is -3.23. The molecule has 3 aromatic rings. The van der Waals surface area contributed by atoms with Crippen molar-refractivity contribution in [1.82, 2.24) is 0 Å². The van der Waals surface area contributed by atoms with Crippen LogP contribution in [-0.2, 0) is 27.5 Å². The maximum absolute atomic E-state index is 13.9. The van der Waals surface area contributed by atoms with E-state index in [0.717, 1.165) is 60.3 Å². The van der Waals surface area contributed by atoms with Crippen LogP contribution in [0.25, 0.3) is 11.1 Å². The van der Waals surface area contributed by atoms with Crippen LogP contribution in [0.15, 0.2) is 59.5 Å². The Hall–Kier alpha value is -3.19. The number of hydrogen-bond donors (Lipinski definition) is 0. The predicted molar refractivity (Wildman–Crippen MR) is 175 cm³/mol. The number of carbonyl (C=O) groups is 1. The van der Waals surface area contributed by atoms with Crippen molar-refractivity contribution in [3.63, 3.8) is 0 Å². The maximum atomic E-state index is 13.9. The molecule has 0 amide bonds. The average molecular weight is 623 g/mol. The van der Waals surface area contributed by atoms with Crippen molar-refractivity contribution in [2.45, 2.75) is 108 Å². The second-order valence-electron chi connectivity index (χ2n) is 12.2. The summed E-state index contributed by atoms with van der Waals surface area (Å²) in [6.45, 7) is 2.15. The fraction of sp³-hybridized carbons (Fsp3) is 0.486. The van der Waals surface area contributed by atoms with Gasteiger partial charge < -0.3 is 9.47 Å². The van der Waals surface area contributed by atoms with Crippen LogP contribution >= 0.6 is 0 Å². The second kappa shape index (κ2) is 16.8. The number of unbranched alkanes of at least 4 members (excludes halogenated alkanes) is 11. The molecule has 0 aliphatic carbocycles. The first kappa shape index (κ1) is 33.7. The Kier molecular flexibility index (Phi) is 12.8. The van der Waals surface area contributed by atoms with Gasteiger partial charge in [-0.1, -0.05) is 94.0 Å². The fourth-order valence-electron chi connectivity index (χ4n) is 5.89. The van der Waals surface area contributed by atoms with Crippen LogP contribution in [0.1, 0.15) is 100 Å². The third kappa shape index (κ3) is 10.5. The largest absolute Gasteiger partial charge is 0.454 e. The number of ketones is 1. The summed E-state index contributed by atoms with van der Waals surface area (Å²) in [7, 11) is -3.23. The Morgan fingerprint density at radius 1 is 0.727 bits per heavy atom. The molecule has 0 spiro atoms. The van der Waals surface area contributed by atoms with Gasteiger partial charge in [0.1, 0.15) is 11.6 Å². The Morgan fingerprint density at radius 3 is 1.91 bits per heavy atom. The van der Waals surface area contributed by atoms with E-state index in [-0.39, 0.29) is 24.8 Å². The molecule has 0 N–H and O–H groups in total. The van der Waals surface area contributed by atoms with Gasteiger partial charge in [0.15, 0.2) is 21.3 Å². The summed E-state index contributed by atoms with van der Waals surface area (Å²) < 4.78 is 48.8. The molecule has 1 aliphatic rings. The van der Waals surface area contributed by atoms with Crippen molar-refractivity contribution >= 4 is 15.6 Å². The van der Waals surface area contributed by atoms with E-state index in [2.05, 4.69) is 6.07 Å². The molecular formula is C37H47FO5S. The number of hydrogen-bond acceptors (Lipinski definition) is 5. The minimum Gasteiger partial charge on any atom is -0.454 e. The normalized spacial score (nSPS) is 12.5. The van der Waals surface area contributed by atoms with Gasteiger partial charge >= 0.3 is 0 Å². The zero-order valence-electron chi connectivity index (χ0n) is 26.3. The number of benzene rings is 3. The summed E-state index contributed by atoms with van der Waals surface area (Å²) in [5.41, 5.74) is 4.75. The van der Waals surface area contributed by atoms with Crippen molar-refractivity contribution in [3.05, 3.63) is 77.1 Å². The Morgan fingerprint density at radius 2 is 1.30 bits per heavy atom. The van der Waals surface area contributed by atoms with E-state index >= 15 is 0 Å². The molecule has 0 aromatic heterocycles. The van der Waals surface area contributed by atoms with Crippen LogP contribution in [0.2, 0.25) is 0 Å². The number of Topliss-reactive ketones (excluding diaryl/α,β-unsaturated/α-hetero) is 1. The van der Waals surface area contributed by atoms with Gasteiger partial charge in [0.05, 0.1) is 4.90 Å². The first-order chi connectivity index (χ1) is 21.2. The second-order valence-corrected chi connectivity index (χ2v) is 14.2. The molecule has 0 radical (unpaired) electrons.